The van der Waals surface area contributed by atoms with Crippen LogP contribution >= 0.6 is 11.6 Å². The van der Waals surface area contributed by atoms with Crippen molar-refractivity contribution in [1.82, 2.24) is 0 Å². The summed E-state index contributed by atoms with van der Waals surface area (Å²) < 4.78 is 11.0. The summed E-state index contributed by atoms with van der Waals surface area (Å²) in [5, 5.41) is 3.30. The predicted octanol–water partition coefficient (Wildman–Crippen LogP) is 4.03. The molecule has 2 rings (SSSR count). The molecule has 1 amide bonds. The summed E-state index contributed by atoms with van der Waals surface area (Å²) in [4.78, 5) is 12.7. The first-order chi connectivity index (χ1) is 12.5. The molecule has 0 radical (unpaired) electrons. The van der Waals surface area contributed by atoms with Crippen LogP contribution in [0.5, 0.6) is 5.75 Å². The Morgan fingerprint density at radius 1 is 1.15 bits per heavy atom. The van der Waals surface area contributed by atoms with Crippen molar-refractivity contribution in [2.45, 2.75) is 19.9 Å². The number of para-hydroxylation sites is 1. The zero-order chi connectivity index (χ0) is 18.9. The average molecular weight is 377 g/mol. The smallest absolute Gasteiger partial charge is 0.229 e. The van der Waals surface area contributed by atoms with Gasteiger partial charge in [-0.25, -0.2) is 0 Å². The van der Waals surface area contributed by atoms with E-state index in [9.17, 15) is 4.79 Å². The number of nitrogens with one attached hydrogen (secondary N) is 1. The molecule has 2 aromatic carbocycles. The maximum absolute atomic E-state index is 12.7. The molecule has 0 fully saturated rings. The minimum atomic E-state index is -0.423. The molecule has 26 heavy (non-hydrogen) atoms. The van der Waals surface area contributed by atoms with Gasteiger partial charge in [-0.15, -0.1) is 0 Å². The zero-order valence-corrected chi connectivity index (χ0v) is 15.8. The lowest BCUT2D eigenvalue weighted by atomic mass is 9.94. The van der Waals surface area contributed by atoms with Gasteiger partial charge in [0, 0.05) is 12.6 Å². The summed E-state index contributed by atoms with van der Waals surface area (Å²) in [6.45, 7) is 5.12. The number of ether oxygens (including phenoxy) is 2. The highest BCUT2D eigenvalue weighted by atomic mass is 35.5. The van der Waals surface area contributed by atoms with Gasteiger partial charge in [0.05, 0.1) is 23.2 Å². The van der Waals surface area contributed by atoms with Gasteiger partial charge in [-0.05, 0) is 24.6 Å². The Hall–Kier alpha value is -2.08. The monoisotopic (exact) mass is 376 g/mol. The summed E-state index contributed by atoms with van der Waals surface area (Å²) in [7, 11) is 0. The standard InChI is InChI=1S/C20H25ClN2O3/c1-3-25-12-13-26-19-16(21)10-7-11-17(19)23-20(24)14(2)18(22)15-8-5-4-6-9-15/h4-11,14,18H,3,12-13,22H2,1-2H3,(H,23,24). The molecule has 0 aromatic heterocycles. The third kappa shape index (κ3) is 5.46. The molecule has 0 aliphatic carbocycles. The molecule has 2 aromatic rings. The second kappa shape index (κ2) is 10.2. The number of anilines is 1. The van der Waals surface area contributed by atoms with Crippen molar-refractivity contribution in [2.24, 2.45) is 11.7 Å². The maximum atomic E-state index is 12.7. The number of carbonyl (C=O) groups excluding carboxylic acids is 1. The van der Waals surface area contributed by atoms with Crippen LogP contribution in [0, 0.1) is 5.92 Å². The molecule has 0 saturated heterocycles. The Balaban J connectivity index is 2.07. The van der Waals surface area contributed by atoms with Gasteiger partial charge in [0.1, 0.15) is 6.61 Å². The number of nitrogens with two attached hydrogens (primary N) is 1. The third-order valence-corrected chi connectivity index (χ3v) is 4.34. The van der Waals surface area contributed by atoms with Gasteiger partial charge in [0.2, 0.25) is 5.91 Å². The van der Waals surface area contributed by atoms with Gasteiger partial charge in [-0.2, -0.15) is 0 Å². The molecule has 2 atom stereocenters. The van der Waals surface area contributed by atoms with E-state index in [0.717, 1.165) is 5.56 Å². The number of carbonyl (C=O) groups is 1. The predicted molar refractivity (Wildman–Crippen MR) is 105 cm³/mol. The highest BCUT2D eigenvalue weighted by molar-refractivity contribution is 6.32. The lowest BCUT2D eigenvalue weighted by molar-refractivity contribution is -0.120. The zero-order valence-electron chi connectivity index (χ0n) is 15.1. The first kappa shape index (κ1) is 20.2. The van der Waals surface area contributed by atoms with E-state index in [1.54, 1.807) is 25.1 Å². The molecule has 5 nitrogen and oxygen atoms in total. The molecule has 0 bridgehead atoms. The van der Waals surface area contributed by atoms with E-state index in [0.29, 0.717) is 36.3 Å². The topological polar surface area (TPSA) is 73.6 Å². The lowest BCUT2D eigenvalue weighted by Crippen LogP contribution is -2.30. The van der Waals surface area contributed by atoms with Gasteiger partial charge >= 0.3 is 0 Å². The minimum Gasteiger partial charge on any atom is -0.487 e. The fourth-order valence-electron chi connectivity index (χ4n) is 2.47. The number of amides is 1. The van der Waals surface area contributed by atoms with Crippen LogP contribution in [0.1, 0.15) is 25.5 Å². The third-order valence-electron chi connectivity index (χ3n) is 4.04. The van der Waals surface area contributed by atoms with E-state index < -0.39 is 12.0 Å². The second-order valence-corrected chi connectivity index (χ2v) is 6.28. The fraction of sp³-hybridized carbons (Fsp3) is 0.350. The molecule has 6 heteroatoms. The van der Waals surface area contributed by atoms with Crippen molar-refractivity contribution in [1.29, 1.82) is 0 Å². The van der Waals surface area contributed by atoms with Crippen LogP contribution < -0.4 is 15.8 Å². The molecule has 0 heterocycles. The van der Waals surface area contributed by atoms with Gasteiger partial charge < -0.3 is 20.5 Å². The van der Waals surface area contributed by atoms with Crippen molar-refractivity contribution in [3.63, 3.8) is 0 Å². The number of halogens is 1. The highest BCUT2D eigenvalue weighted by Gasteiger charge is 2.23. The van der Waals surface area contributed by atoms with Crippen molar-refractivity contribution in [2.75, 3.05) is 25.1 Å². The second-order valence-electron chi connectivity index (χ2n) is 5.88. The number of benzene rings is 2. The summed E-state index contributed by atoms with van der Waals surface area (Å²) in [5.41, 5.74) is 7.67. The van der Waals surface area contributed by atoms with E-state index in [1.807, 2.05) is 37.3 Å². The Morgan fingerprint density at radius 3 is 2.58 bits per heavy atom. The van der Waals surface area contributed by atoms with Gasteiger partial charge in [0.25, 0.3) is 0 Å². The SMILES string of the molecule is CCOCCOc1c(Cl)cccc1NC(=O)C(C)C(N)c1ccccc1. The number of hydrogen-bond acceptors (Lipinski definition) is 4. The summed E-state index contributed by atoms with van der Waals surface area (Å²) in [6.07, 6.45) is 0. The normalized spacial score (nSPS) is 13.1. The quantitative estimate of drug-likeness (QED) is 0.648. The van der Waals surface area contributed by atoms with Gasteiger partial charge in [-0.1, -0.05) is 54.9 Å². The minimum absolute atomic E-state index is 0.196. The van der Waals surface area contributed by atoms with Crippen molar-refractivity contribution < 1.29 is 14.3 Å². The van der Waals surface area contributed by atoms with Crippen LogP contribution in [0.3, 0.4) is 0 Å². The highest BCUT2D eigenvalue weighted by Crippen LogP contribution is 2.33. The lowest BCUT2D eigenvalue weighted by Gasteiger charge is -2.21. The van der Waals surface area contributed by atoms with E-state index in [-0.39, 0.29) is 5.91 Å². The molecule has 0 spiro atoms. The summed E-state index contributed by atoms with van der Waals surface area (Å²) >= 11 is 6.22. The van der Waals surface area contributed by atoms with Crippen LogP contribution in [-0.2, 0) is 9.53 Å². The first-order valence-corrected chi connectivity index (χ1v) is 9.02. The average Bonchev–Trinajstić information content (AvgIpc) is 2.66. The van der Waals surface area contributed by atoms with Crippen LogP contribution in [0.15, 0.2) is 48.5 Å². The summed E-state index contributed by atoms with van der Waals surface area (Å²) in [6, 6.07) is 14.4. The van der Waals surface area contributed by atoms with Crippen molar-refractivity contribution in [3.8, 4) is 5.75 Å². The molecule has 0 aliphatic rings. The summed E-state index contributed by atoms with van der Waals surface area (Å²) in [5.74, 6) is -0.186. The van der Waals surface area contributed by atoms with Crippen LogP contribution in [0.25, 0.3) is 0 Å². The Kier molecular flexibility index (Phi) is 7.91. The fourth-order valence-corrected chi connectivity index (χ4v) is 2.70. The van der Waals surface area contributed by atoms with E-state index >= 15 is 0 Å². The molecule has 0 aliphatic heterocycles. The Bertz CT molecular complexity index is 709. The van der Waals surface area contributed by atoms with E-state index in [4.69, 9.17) is 26.8 Å². The van der Waals surface area contributed by atoms with E-state index in [2.05, 4.69) is 5.32 Å². The van der Waals surface area contributed by atoms with Crippen LogP contribution in [-0.4, -0.2) is 25.7 Å². The van der Waals surface area contributed by atoms with Crippen molar-refractivity contribution >= 4 is 23.2 Å². The largest absolute Gasteiger partial charge is 0.487 e. The molecule has 3 N–H and O–H groups in total. The van der Waals surface area contributed by atoms with Crippen LogP contribution in [0.2, 0.25) is 5.02 Å². The number of hydrogen-bond donors (Lipinski definition) is 2. The van der Waals surface area contributed by atoms with Gasteiger partial charge in [-0.3, -0.25) is 4.79 Å². The maximum Gasteiger partial charge on any atom is 0.229 e. The van der Waals surface area contributed by atoms with Gasteiger partial charge in [0.15, 0.2) is 5.75 Å². The molecule has 0 saturated carbocycles. The molecular formula is C20H25ClN2O3. The van der Waals surface area contributed by atoms with Crippen LogP contribution in [0.4, 0.5) is 5.69 Å². The molecule has 140 valence electrons. The Morgan fingerprint density at radius 2 is 1.88 bits per heavy atom. The van der Waals surface area contributed by atoms with Crippen molar-refractivity contribution in [3.05, 3.63) is 59.1 Å². The first-order valence-electron chi connectivity index (χ1n) is 8.65. The number of rotatable bonds is 9. The Labute approximate surface area is 159 Å². The molecular weight excluding hydrogens is 352 g/mol. The molecule has 2 unspecified atom stereocenters. The van der Waals surface area contributed by atoms with E-state index in [1.165, 1.54) is 0 Å².